The lowest BCUT2D eigenvalue weighted by Crippen LogP contribution is -2.08. The average Bonchev–Trinajstić information content (AvgIpc) is 2.86. The van der Waals surface area contributed by atoms with E-state index in [-0.39, 0.29) is 5.56 Å². The van der Waals surface area contributed by atoms with Gasteiger partial charge < -0.3 is 4.98 Å². The molecule has 0 bridgehead atoms. The highest BCUT2D eigenvalue weighted by Gasteiger charge is 2.06. The van der Waals surface area contributed by atoms with Gasteiger partial charge in [0, 0.05) is 12.1 Å². The summed E-state index contributed by atoms with van der Waals surface area (Å²) < 4.78 is 1.73. The van der Waals surface area contributed by atoms with Crippen LogP contribution in [0.3, 0.4) is 0 Å². The lowest BCUT2D eigenvalue weighted by molar-refractivity contribution is 0.942. The van der Waals surface area contributed by atoms with Crippen LogP contribution in [0.5, 0.6) is 0 Å². The maximum absolute atomic E-state index is 11.4. The molecular formula is C10H7N3OS. The van der Waals surface area contributed by atoms with Crippen LogP contribution in [0.25, 0.3) is 16.2 Å². The fraction of sp³-hybridized carbons (Fsp3) is 0. The molecule has 74 valence electrons. The quantitative estimate of drug-likeness (QED) is 0.675. The minimum atomic E-state index is -0.105. The van der Waals surface area contributed by atoms with E-state index in [1.807, 2.05) is 17.5 Å². The third kappa shape index (κ3) is 1.28. The van der Waals surface area contributed by atoms with E-state index in [1.54, 1.807) is 34.2 Å². The van der Waals surface area contributed by atoms with Crippen molar-refractivity contribution in [3.05, 3.63) is 46.2 Å². The van der Waals surface area contributed by atoms with Crippen molar-refractivity contribution in [2.24, 2.45) is 0 Å². The molecule has 0 saturated carbocycles. The van der Waals surface area contributed by atoms with Crippen LogP contribution in [-0.2, 0) is 0 Å². The predicted octanol–water partition coefficient (Wildman–Crippen LogP) is 1.75. The number of hydrogen-bond donors (Lipinski definition) is 1. The number of hydrogen-bond acceptors (Lipinski definition) is 3. The molecule has 5 heteroatoms. The van der Waals surface area contributed by atoms with Gasteiger partial charge in [0.2, 0.25) is 0 Å². The lowest BCUT2D eigenvalue weighted by Gasteiger charge is -2.00. The highest BCUT2D eigenvalue weighted by Crippen LogP contribution is 2.22. The largest absolute Gasteiger partial charge is 0.307 e. The zero-order valence-corrected chi connectivity index (χ0v) is 8.49. The first-order valence-electron chi connectivity index (χ1n) is 4.45. The van der Waals surface area contributed by atoms with Crippen molar-refractivity contribution in [2.75, 3.05) is 0 Å². The summed E-state index contributed by atoms with van der Waals surface area (Å²) in [6, 6.07) is 7.27. The summed E-state index contributed by atoms with van der Waals surface area (Å²) in [4.78, 5) is 15.2. The molecule has 3 heterocycles. The first kappa shape index (κ1) is 8.43. The van der Waals surface area contributed by atoms with Gasteiger partial charge in [-0.25, -0.2) is 4.52 Å². The third-order valence-electron chi connectivity index (χ3n) is 2.16. The van der Waals surface area contributed by atoms with Crippen LogP contribution in [0.2, 0.25) is 0 Å². The smallest absolute Gasteiger partial charge is 0.251 e. The molecule has 0 aliphatic carbocycles. The van der Waals surface area contributed by atoms with Gasteiger partial charge in [-0.15, -0.1) is 11.3 Å². The SMILES string of the molecule is O=c1cc(-c2cccs2)n2nccc2[nH]1. The Kier molecular flexibility index (Phi) is 1.72. The Labute approximate surface area is 88.8 Å². The molecule has 3 aromatic rings. The molecule has 0 atom stereocenters. The maximum atomic E-state index is 11.4. The summed E-state index contributed by atoms with van der Waals surface area (Å²) in [6.07, 6.45) is 1.67. The molecule has 0 spiro atoms. The highest BCUT2D eigenvalue weighted by atomic mass is 32.1. The van der Waals surface area contributed by atoms with Crippen LogP contribution in [0, 0.1) is 0 Å². The van der Waals surface area contributed by atoms with Crippen LogP contribution in [0.15, 0.2) is 40.6 Å². The first-order valence-corrected chi connectivity index (χ1v) is 5.33. The number of rotatable bonds is 1. The Balaban J connectivity index is 2.43. The van der Waals surface area contributed by atoms with Crippen LogP contribution in [-0.4, -0.2) is 14.6 Å². The maximum Gasteiger partial charge on any atom is 0.251 e. The number of H-pyrrole nitrogens is 1. The molecule has 0 saturated heterocycles. The monoisotopic (exact) mass is 217 g/mol. The van der Waals surface area contributed by atoms with Gasteiger partial charge in [0.05, 0.1) is 16.8 Å². The number of nitrogens with one attached hydrogen (secondary N) is 1. The van der Waals surface area contributed by atoms with Crippen molar-refractivity contribution in [1.29, 1.82) is 0 Å². The second kappa shape index (κ2) is 3.06. The summed E-state index contributed by atoms with van der Waals surface area (Å²) in [7, 11) is 0. The fourth-order valence-corrected chi connectivity index (χ4v) is 2.26. The molecule has 0 unspecified atom stereocenters. The Morgan fingerprint density at radius 2 is 2.33 bits per heavy atom. The average molecular weight is 217 g/mol. The standard InChI is InChI=1S/C10H7N3OS/c14-10-6-7(8-2-1-5-15-8)13-9(12-10)3-4-11-13/h1-6H,(H,12,14). The van der Waals surface area contributed by atoms with E-state index in [4.69, 9.17) is 0 Å². The van der Waals surface area contributed by atoms with Crippen LogP contribution in [0.1, 0.15) is 0 Å². The molecule has 0 aliphatic rings. The zero-order chi connectivity index (χ0) is 10.3. The van der Waals surface area contributed by atoms with Crippen LogP contribution < -0.4 is 5.56 Å². The minimum absolute atomic E-state index is 0.105. The van der Waals surface area contributed by atoms with Gasteiger partial charge in [-0.2, -0.15) is 5.10 Å². The molecule has 15 heavy (non-hydrogen) atoms. The van der Waals surface area contributed by atoms with Crippen molar-refractivity contribution in [3.8, 4) is 10.6 Å². The van der Waals surface area contributed by atoms with Crippen molar-refractivity contribution in [3.63, 3.8) is 0 Å². The van der Waals surface area contributed by atoms with Gasteiger partial charge >= 0.3 is 0 Å². The van der Waals surface area contributed by atoms with E-state index in [0.717, 1.165) is 10.6 Å². The van der Waals surface area contributed by atoms with Crippen molar-refractivity contribution in [1.82, 2.24) is 14.6 Å². The Morgan fingerprint density at radius 3 is 3.13 bits per heavy atom. The van der Waals surface area contributed by atoms with Crippen molar-refractivity contribution >= 4 is 17.0 Å². The first-order chi connectivity index (χ1) is 7.34. The Morgan fingerprint density at radius 1 is 1.40 bits per heavy atom. The Hall–Kier alpha value is -1.88. The number of nitrogens with zero attached hydrogens (tertiary/aromatic N) is 2. The summed E-state index contributed by atoms with van der Waals surface area (Å²) in [5, 5.41) is 6.15. The highest BCUT2D eigenvalue weighted by molar-refractivity contribution is 7.13. The van der Waals surface area contributed by atoms with E-state index < -0.39 is 0 Å². The molecule has 1 N–H and O–H groups in total. The van der Waals surface area contributed by atoms with E-state index in [0.29, 0.717) is 5.65 Å². The molecule has 4 nitrogen and oxygen atoms in total. The summed E-state index contributed by atoms with van der Waals surface area (Å²) >= 11 is 1.59. The molecule has 0 radical (unpaired) electrons. The van der Waals surface area contributed by atoms with Gasteiger partial charge in [0.1, 0.15) is 5.65 Å². The van der Waals surface area contributed by atoms with Crippen LogP contribution >= 0.6 is 11.3 Å². The third-order valence-corrected chi connectivity index (χ3v) is 3.06. The molecule has 0 aliphatic heterocycles. The normalized spacial score (nSPS) is 10.9. The van der Waals surface area contributed by atoms with E-state index in [2.05, 4.69) is 10.1 Å². The summed E-state index contributed by atoms with van der Waals surface area (Å²) in [6.45, 7) is 0. The minimum Gasteiger partial charge on any atom is -0.307 e. The fourth-order valence-electron chi connectivity index (χ4n) is 1.54. The van der Waals surface area contributed by atoms with Gasteiger partial charge in [-0.05, 0) is 11.4 Å². The summed E-state index contributed by atoms with van der Waals surface area (Å²) in [5.41, 5.74) is 1.44. The van der Waals surface area contributed by atoms with Crippen LogP contribution in [0.4, 0.5) is 0 Å². The van der Waals surface area contributed by atoms with Gasteiger partial charge in [-0.1, -0.05) is 6.07 Å². The number of thiophene rings is 1. The van der Waals surface area contributed by atoms with E-state index in [1.165, 1.54) is 0 Å². The molecule has 0 aromatic carbocycles. The predicted molar refractivity (Wildman–Crippen MR) is 59.1 cm³/mol. The second-order valence-electron chi connectivity index (χ2n) is 3.12. The molecule has 3 aromatic heterocycles. The lowest BCUT2D eigenvalue weighted by atomic mass is 10.3. The van der Waals surface area contributed by atoms with Gasteiger partial charge in [-0.3, -0.25) is 4.79 Å². The second-order valence-corrected chi connectivity index (χ2v) is 4.07. The Bertz CT molecular complexity index is 651. The molecule has 0 amide bonds. The topological polar surface area (TPSA) is 50.2 Å². The summed E-state index contributed by atoms with van der Waals surface area (Å²) in [5.74, 6) is 0. The zero-order valence-electron chi connectivity index (χ0n) is 7.68. The van der Waals surface area contributed by atoms with E-state index in [9.17, 15) is 4.79 Å². The number of aromatic amines is 1. The molecule has 0 fully saturated rings. The van der Waals surface area contributed by atoms with Crippen molar-refractivity contribution < 1.29 is 0 Å². The van der Waals surface area contributed by atoms with Gasteiger partial charge in [0.15, 0.2) is 0 Å². The van der Waals surface area contributed by atoms with Gasteiger partial charge in [0.25, 0.3) is 5.56 Å². The van der Waals surface area contributed by atoms with E-state index >= 15 is 0 Å². The van der Waals surface area contributed by atoms with Crippen molar-refractivity contribution in [2.45, 2.75) is 0 Å². The molecular weight excluding hydrogens is 210 g/mol. The number of fused-ring (bicyclic) bond motifs is 1. The number of aromatic nitrogens is 3. The molecule has 3 rings (SSSR count).